The second-order valence-electron chi connectivity index (χ2n) is 6.62. The first-order chi connectivity index (χ1) is 13.2. The Morgan fingerprint density at radius 1 is 1.07 bits per heavy atom. The van der Waals surface area contributed by atoms with Crippen LogP contribution >= 0.6 is 0 Å². The molecular weight excluding hydrogens is 392 g/mol. The van der Waals surface area contributed by atoms with Crippen LogP contribution in [0, 0.1) is 6.92 Å². The van der Waals surface area contributed by atoms with Crippen LogP contribution < -0.4 is 24.4 Å². The zero-order chi connectivity index (χ0) is 19.9. The minimum atomic E-state index is -3.91. The van der Waals surface area contributed by atoms with Gasteiger partial charge in [-0.15, -0.1) is 8.78 Å². The number of nitrogens with one attached hydrogen (secondary N) is 2. The molecule has 0 radical (unpaired) electrons. The molecule has 1 fully saturated rings. The fourth-order valence-electron chi connectivity index (χ4n) is 3.23. The van der Waals surface area contributed by atoms with E-state index in [1.54, 1.807) is 12.1 Å². The molecule has 2 aliphatic heterocycles. The highest BCUT2D eigenvalue weighted by molar-refractivity contribution is 7.92. The monoisotopic (exact) mass is 411 g/mol. The lowest BCUT2D eigenvalue weighted by atomic mass is 10.1. The van der Waals surface area contributed by atoms with Gasteiger partial charge in [0.1, 0.15) is 0 Å². The standard InChI is InChI=1S/C18H19F2N3O4S/c1-12-2-4-14(11-15(12)23-8-6-21-7-9-23)28(24,25)22-13-3-5-16-17(10-13)27-18(19,20)26-16/h2-5,10-11,21-22H,6-9H2,1H3. The van der Waals surface area contributed by atoms with E-state index in [2.05, 4.69) is 24.4 Å². The van der Waals surface area contributed by atoms with E-state index >= 15 is 0 Å². The number of sulfonamides is 1. The first kappa shape index (κ1) is 18.8. The minimum absolute atomic E-state index is 0.0922. The van der Waals surface area contributed by atoms with Crippen LogP contribution in [0.5, 0.6) is 11.5 Å². The summed E-state index contributed by atoms with van der Waals surface area (Å²) >= 11 is 0. The van der Waals surface area contributed by atoms with Gasteiger partial charge in [-0.3, -0.25) is 4.72 Å². The predicted molar refractivity (Wildman–Crippen MR) is 99.7 cm³/mol. The Morgan fingerprint density at radius 3 is 2.54 bits per heavy atom. The summed E-state index contributed by atoms with van der Waals surface area (Å²) in [5.41, 5.74) is 1.94. The van der Waals surface area contributed by atoms with Gasteiger partial charge in [-0.25, -0.2) is 8.42 Å². The molecular formula is C18H19F2N3O4S. The van der Waals surface area contributed by atoms with Crippen LogP contribution in [0.1, 0.15) is 5.56 Å². The molecule has 2 N–H and O–H groups in total. The SMILES string of the molecule is Cc1ccc(S(=O)(=O)Nc2ccc3c(c2)OC(F)(F)O3)cc1N1CCNCC1. The van der Waals surface area contributed by atoms with Gasteiger partial charge in [-0.05, 0) is 36.8 Å². The van der Waals surface area contributed by atoms with E-state index in [0.717, 1.165) is 37.4 Å². The summed E-state index contributed by atoms with van der Waals surface area (Å²) in [5, 5.41) is 3.26. The van der Waals surface area contributed by atoms with Crippen LogP contribution in [0.15, 0.2) is 41.3 Å². The predicted octanol–water partition coefficient (Wildman–Crippen LogP) is 2.53. The maximum absolute atomic E-state index is 13.1. The second kappa shape index (κ2) is 6.78. The maximum atomic E-state index is 13.1. The van der Waals surface area contributed by atoms with E-state index in [9.17, 15) is 17.2 Å². The van der Waals surface area contributed by atoms with E-state index in [1.165, 1.54) is 24.3 Å². The number of fused-ring (bicyclic) bond motifs is 1. The van der Waals surface area contributed by atoms with E-state index in [1.807, 2.05) is 6.92 Å². The molecule has 28 heavy (non-hydrogen) atoms. The number of piperazine rings is 1. The molecule has 1 saturated heterocycles. The highest BCUT2D eigenvalue weighted by atomic mass is 32.2. The lowest BCUT2D eigenvalue weighted by molar-refractivity contribution is -0.286. The second-order valence-corrected chi connectivity index (χ2v) is 8.30. The lowest BCUT2D eigenvalue weighted by Crippen LogP contribution is -2.43. The number of halogens is 2. The molecule has 0 aliphatic carbocycles. The molecule has 0 atom stereocenters. The first-order valence-electron chi connectivity index (χ1n) is 8.73. The van der Waals surface area contributed by atoms with Gasteiger partial charge in [0.2, 0.25) is 0 Å². The fraction of sp³-hybridized carbons (Fsp3) is 0.333. The normalized spacial score (nSPS) is 18.2. The molecule has 150 valence electrons. The number of rotatable bonds is 4. The lowest BCUT2D eigenvalue weighted by Gasteiger charge is -2.31. The zero-order valence-electron chi connectivity index (χ0n) is 15.0. The maximum Gasteiger partial charge on any atom is 0.586 e. The summed E-state index contributed by atoms with van der Waals surface area (Å²) in [5.74, 6) is -0.375. The number of ether oxygens (including phenoxy) is 2. The van der Waals surface area contributed by atoms with Gasteiger partial charge >= 0.3 is 6.29 Å². The van der Waals surface area contributed by atoms with Crippen LogP contribution in [-0.4, -0.2) is 40.9 Å². The van der Waals surface area contributed by atoms with E-state index in [0.29, 0.717) is 0 Å². The molecule has 0 unspecified atom stereocenters. The zero-order valence-corrected chi connectivity index (χ0v) is 15.9. The van der Waals surface area contributed by atoms with Crippen molar-refractivity contribution in [1.29, 1.82) is 0 Å². The number of aryl methyl sites for hydroxylation is 1. The van der Waals surface area contributed by atoms with Crippen LogP contribution in [0.4, 0.5) is 20.2 Å². The average Bonchev–Trinajstić information content (AvgIpc) is 2.95. The third-order valence-electron chi connectivity index (χ3n) is 4.60. The molecule has 10 heteroatoms. The molecule has 0 aromatic heterocycles. The Hall–Kier alpha value is -2.59. The van der Waals surface area contributed by atoms with Crippen LogP contribution in [0.3, 0.4) is 0 Å². The Balaban J connectivity index is 1.59. The van der Waals surface area contributed by atoms with Crippen molar-refractivity contribution in [2.24, 2.45) is 0 Å². The highest BCUT2D eigenvalue weighted by Crippen LogP contribution is 2.42. The van der Waals surface area contributed by atoms with Gasteiger partial charge in [-0.1, -0.05) is 6.07 Å². The molecule has 2 aliphatic rings. The van der Waals surface area contributed by atoms with E-state index in [4.69, 9.17) is 0 Å². The summed E-state index contributed by atoms with van der Waals surface area (Å²) in [4.78, 5) is 2.22. The van der Waals surface area contributed by atoms with Gasteiger partial charge < -0.3 is 19.7 Å². The largest absolute Gasteiger partial charge is 0.586 e. The van der Waals surface area contributed by atoms with Crippen molar-refractivity contribution >= 4 is 21.4 Å². The smallest absolute Gasteiger partial charge is 0.395 e. The fourth-order valence-corrected chi connectivity index (χ4v) is 4.30. The molecule has 0 bridgehead atoms. The molecule has 4 rings (SSSR count). The molecule has 0 amide bonds. The number of hydrogen-bond donors (Lipinski definition) is 2. The Kier molecular flexibility index (Phi) is 4.54. The summed E-state index contributed by atoms with van der Waals surface area (Å²) in [7, 11) is -3.91. The van der Waals surface area contributed by atoms with E-state index in [-0.39, 0.29) is 22.1 Å². The molecule has 0 spiro atoms. The summed E-state index contributed by atoms with van der Waals surface area (Å²) in [6.07, 6.45) is -3.75. The topological polar surface area (TPSA) is 79.9 Å². The summed E-state index contributed by atoms with van der Waals surface area (Å²) < 4.78 is 63.0. The molecule has 7 nitrogen and oxygen atoms in total. The summed E-state index contributed by atoms with van der Waals surface area (Å²) in [6.45, 7) is 5.16. The van der Waals surface area contributed by atoms with Crippen LogP contribution in [0.25, 0.3) is 0 Å². The highest BCUT2D eigenvalue weighted by Gasteiger charge is 2.43. The van der Waals surface area contributed by atoms with Crippen LogP contribution in [0.2, 0.25) is 0 Å². The van der Waals surface area contributed by atoms with Crippen molar-refractivity contribution < 1.29 is 26.7 Å². The third kappa shape index (κ3) is 3.69. The Morgan fingerprint density at radius 2 is 1.79 bits per heavy atom. The molecule has 0 saturated carbocycles. The van der Waals surface area contributed by atoms with Crippen molar-refractivity contribution in [1.82, 2.24) is 5.32 Å². The first-order valence-corrected chi connectivity index (χ1v) is 10.2. The van der Waals surface area contributed by atoms with Crippen molar-refractivity contribution in [3.63, 3.8) is 0 Å². The summed E-state index contributed by atoms with van der Waals surface area (Å²) in [6, 6.07) is 8.64. The third-order valence-corrected chi connectivity index (χ3v) is 5.98. The average molecular weight is 411 g/mol. The minimum Gasteiger partial charge on any atom is -0.395 e. The Bertz CT molecular complexity index is 1010. The van der Waals surface area contributed by atoms with Gasteiger partial charge in [0, 0.05) is 37.9 Å². The number of alkyl halides is 2. The van der Waals surface area contributed by atoms with E-state index < -0.39 is 16.3 Å². The van der Waals surface area contributed by atoms with Gasteiger partial charge in [0.15, 0.2) is 11.5 Å². The number of nitrogens with zero attached hydrogens (tertiary/aromatic N) is 1. The van der Waals surface area contributed by atoms with Crippen molar-refractivity contribution in [2.45, 2.75) is 18.1 Å². The number of benzene rings is 2. The van der Waals surface area contributed by atoms with Crippen molar-refractivity contribution in [3.8, 4) is 11.5 Å². The van der Waals surface area contributed by atoms with Gasteiger partial charge in [-0.2, -0.15) is 0 Å². The number of hydrogen-bond acceptors (Lipinski definition) is 6. The van der Waals surface area contributed by atoms with Gasteiger partial charge in [0.25, 0.3) is 10.0 Å². The quantitative estimate of drug-likeness (QED) is 0.805. The molecule has 2 heterocycles. The van der Waals surface area contributed by atoms with Crippen molar-refractivity contribution in [3.05, 3.63) is 42.0 Å². The van der Waals surface area contributed by atoms with Gasteiger partial charge in [0.05, 0.1) is 10.6 Å². The molecule has 2 aromatic rings. The number of anilines is 2. The van der Waals surface area contributed by atoms with Crippen LogP contribution in [-0.2, 0) is 10.0 Å². The molecule has 2 aromatic carbocycles. The van der Waals surface area contributed by atoms with Crippen molar-refractivity contribution in [2.75, 3.05) is 35.8 Å². The Labute approximate surface area is 161 Å².